The second-order valence-corrected chi connectivity index (χ2v) is 4.59. The van der Waals surface area contributed by atoms with Gasteiger partial charge in [0.15, 0.2) is 4.77 Å². The van der Waals surface area contributed by atoms with E-state index in [4.69, 9.17) is 16.8 Å². The first-order valence-corrected chi connectivity index (χ1v) is 5.51. The smallest absolute Gasteiger partial charge is 0.294 e. The molecule has 0 aliphatic heterocycles. The van der Waals surface area contributed by atoms with E-state index in [-0.39, 0.29) is 34.5 Å². The van der Waals surface area contributed by atoms with Crippen molar-refractivity contribution < 1.29 is 13.0 Å². The maximum Gasteiger partial charge on any atom is 0.294 e. The Hall–Kier alpha value is -0.180. The largest absolute Gasteiger partial charge is 0.331 e. The van der Waals surface area contributed by atoms with E-state index >= 15 is 0 Å². The molecule has 0 spiro atoms. The molecule has 0 saturated heterocycles. The van der Waals surface area contributed by atoms with Crippen LogP contribution in [0.5, 0.6) is 0 Å². The SMILES string of the molecule is O=S(=O)(O)c1ccc2[nH]c(=S)[nH]c2c1.[Na]. The Kier molecular flexibility index (Phi) is 3.75. The summed E-state index contributed by atoms with van der Waals surface area (Å²) in [6.07, 6.45) is 0. The Morgan fingerprint density at radius 1 is 1.20 bits per heavy atom. The van der Waals surface area contributed by atoms with Crippen LogP contribution in [0.1, 0.15) is 0 Å². The number of H-pyrrole nitrogens is 2. The van der Waals surface area contributed by atoms with Gasteiger partial charge >= 0.3 is 0 Å². The van der Waals surface area contributed by atoms with Crippen molar-refractivity contribution in [2.24, 2.45) is 0 Å². The number of imidazole rings is 1. The number of fused-ring (bicyclic) bond motifs is 1. The van der Waals surface area contributed by atoms with Crippen LogP contribution in [0.4, 0.5) is 0 Å². The molecule has 0 fully saturated rings. The minimum Gasteiger partial charge on any atom is -0.331 e. The average Bonchev–Trinajstić information content (AvgIpc) is 2.41. The Bertz CT molecular complexity index is 644. The molecule has 0 atom stereocenters. The Balaban J connectivity index is 0.00000112. The fraction of sp³-hybridized carbons (Fsp3) is 0. The molecule has 0 amide bonds. The average molecular weight is 253 g/mol. The van der Waals surface area contributed by atoms with E-state index in [2.05, 4.69) is 9.97 Å². The maximum atomic E-state index is 10.8. The first-order valence-electron chi connectivity index (χ1n) is 3.66. The summed E-state index contributed by atoms with van der Waals surface area (Å²) in [7, 11) is -4.15. The molecule has 0 unspecified atom stereocenters. The van der Waals surface area contributed by atoms with Crippen LogP contribution in [0.25, 0.3) is 11.0 Å². The van der Waals surface area contributed by atoms with E-state index in [1.54, 1.807) is 0 Å². The van der Waals surface area contributed by atoms with Gasteiger partial charge in [-0.3, -0.25) is 4.55 Å². The second kappa shape index (κ2) is 4.36. The van der Waals surface area contributed by atoms with Gasteiger partial charge in [-0.2, -0.15) is 8.42 Å². The first kappa shape index (κ1) is 12.9. The van der Waals surface area contributed by atoms with E-state index in [0.29, 0.717) is 15.8 Å². The standard InChI is InChI=1S/C7H6N2O3S2.Na/c10-14(11,12)4-1-2-5-6(3-4)9-7(13)8-5;/h1-3H,(H2,8,9,13)(H,10,11,12);. The number of benzene rings is 1. The fourth-order valence-corrected chi connectivity index (χ4v) is 1.90. The topological polar surface area (TPSA) is 85.9 Å². The third kappa shape index (κ3) is 2.68. The summed E-state index contributed by atoms with van der Waals surface area (Å²) in [5.74, 6) is 0. The van der Waals surface area contributed by atoms with Crippen LogP contribution in [0, 0.1) is 4.77 Å². The molecule has 1 radical (unpaired) electrons. The van der Waals surface area contributed by atoms with Gasteiger partial charge in [0, 0.05) is 29.6 Å². The summed E-state index contributed by atoms with van der Waals surface area (Å²) >= 11 is 4.83. The van der Waals surface area contributed by atoms with Crippen molar-refractivity contribution in [3.63, 3.8) is 0 Å². The van der Waals surface area contributed by atoms with Gasteiger partial charge in [-0.1, -0.05) is 0 Å². The third-order valence-electron chi connectivity index (χ3n) is 1.79. The van der Waals surface area contributed by atoms with Crippen molar-refractivity contribution in [2.75, 3.05) is 0 Å². The molecule has 0 saturated carbocycles. The van der Waals surface area contributed by atoms with Gasteiger partial charge in [-0.25, -0.2) is 0 Å². The maximum absolute atomic E-state index is 10.8. The first-order chi connectivity index (χ1) is 6.47. The van der Waals surface area contributed by atoms with Gasteiger partial charge in [0.1, 0.15) is 0 Å². The molecule has 1 heterocycles. The van der Waals surface area contributed by atoms with Gasteiger partial charge in [0.05, 0.1) is 15.9 Å². The van der Waals surface area contributed by atoms with Gasteiger partial charge in [-0.15, -0.1) is 0 Å². The molecule has 1 aromatic heterocycles. The van der Waals surface area contributed by atoms with Gasteiger partial charge in [0.25, 0.3) is 10.1 Å². The molecule has 1 aromatic carbocycles. The molecule has 75 valence electrons. The summed E-state index contributed by atoms with van der Waals surface area (Å²) in [6.45, 7) is 0. The van der Waals surface area contributed by atoms with Crippen LogP contribution in [-0.4, -0.2) is 52.5 Å². The van der Waals surface area contributed by atoms with Crippen LogP contribution >= 0.6 is 12.2 Å². The molecule has 15 heavy (non-hydrogen) atoms. The molecule has 0 aliphatic rings. The van der Waals surface area contributed by atoms with Crippen LogP contribution < -0.4 is 0 Å². The second-order valence-electron chi connectivity index (χ2n) is 2.76. The van der Waals surface area contributed by atoms with Crippen molar-refractivity contribution in [3.05, 3.63) is 23.0 Å². The normalized spacial score (nSPS) is 11.3. The molecular formula is C7H6N2NaO3S2. The number of nitrogens with one attached hydrogen (secondary N) is 2. The van der Waals surface area contributed by atoms with Gasteiger partial charge in [0.2, 0.25) is 0 Å². The van der Waals surface area contributed by atoms with Crippen molar-refractivity contribution in [3.8, 4) is 0 Å². The molecule has 8 heteroatoms. The van der Waals surface area contributed by atoms with Crippen molar-refractivity contribution in [1.82, 2.24) is 9.97 Å². The van der Waals surface area contributed by atoms with Crippen LogP contribution in [-0.2, 0) is 10.1 Å². The quantitative estimate of drug-likeness (QED) is 0.403. The summed E-state index contributed by atoms with van der Waals surface area (Å²) in [4.78, 5) is 5.42. The molecule has 0 bridgehead atoms. The fourth-order valence-electron chi connectivity index (χ4n) is 1.17. The predicted octanol–water partition coefficient (Wildman–Crippen LogP) is 1.09. The molecule has 0 aliphatic carbocycles. The molecule has 3 N–H and O–H groups in total. The van der Waals surface area contributed by atoms with Crippen molar-refractivity contribution in [2.45, 2.75) is 4.90 Å². The summed E-state index contributed by atoms with van der Waals surface area (Å²) < 4.78 is 30.8. The van der Waals surface area contributed by atoms with Gasteiger partial charge < -0.3 is 9.97 Å². The van der Waals surface area contributed by atoms with Crippen LogP contribution in [0.3, 0.4) is 0 Å². The molecular weight excluding hydrogens is 247 g/mol. The molecule has 2 rings (SSSR count). The summed E-state index contributed by atoms with van der Waals surface area (Å²) in [6, 6.07) is 4.15. The third-order valence-corrected chi connectivity index (χ3v) is 2.84. The van der Waals surface area contributed by atoms with Crippen molar-refractivity contribution >= 4 is 62.9 Å². The Morgan fingerprint density at radius 2 is 1.80 bits per heavy atom. The zero-order valence-electron chi connectivity index (χ0n) is 7.81. The number of hydrogen-bond donors (Lipinski definition) is 3. The van der Waals surface area contributed by atoms with Crippen LogP contribution in [0.15, 0.2) is 23.1 Å². The van der Waals surface area contributed by atoms with E-state index < -0.39 is 10.1 Å². The number of rotatable bonds is 1. The summed E-state index contributed by atoms with van der Waals surface area (Å²) in [5.41, 5.74) is 1.24. The Morgan fingerprint density at radius 3 is 2.40 bits per heavy atom. The van der Waals surface area contributed by atoms with Gasteiger partial charge in [-0.05, 0) is 30.4 Å². The van der Waals surface area contributed by atoms with E-state index in [0.717, 1.165) is 0 Å². The van der Waals surface area contributed by atoms with Crippen molar-refractivity contribution in [1.29, 1.82) is 0 Å². The van der Waals surface area contributed by atoms with E-state index in [1.165, 1.54) is 18.2 Å². The Labute approximate surface area is 113 Å². The predicted molar refractivity (Wildman–Crippen MR) is 59.1 cm³/mol. The number of aromatic nitrogens is 2. The number of hydrogen-bond acceptors (Lipinski definition) is 3. The van der Waals surface area contributed by atoms with E-state index in [9.17, 15) is 8.42 Å². The zero-order chi connectivity index (χ0) is 10.3. The minimum absolute atomic E-state index is 0. The van der Waals surface area contributed by atoms with Crippen LogP contribution in [0.2, 0.25) is 0 Å². The number of aromatic amines is 2. The monoisotopic (exact) mass is 253 g/mol. The summed E-state index contributed by atoms with van der Waals surface area (Å²) in [5, 5.41) is 0. The minimum atomic E-state index is -4.15. The van der Waals surface area contributed by atoms with E-state index in [1.807, 2.05) is 0 Å². The molecule has 5 nitrogen and oxygen atoms in total. The zero-order valence-corrected chi connectivity index (χ0v) is 11.4. The molecule has 2 aromatic rings.